The van der Waals surface area contributed by atoms with Gasteiger partial charge in [0.2, 0.25) is 0 Å². The average Bonchev–Trinajstić information content (AvgIpc) is 2.47. The van der Waals surface area contributed by atoms with E-state index in [0.717, 1.165) is 22.8 Å². The van der Waals surface area contributed by atoms with E-state index >= 15 is 0 Å². The topological polar surface area (TPSA) is 53.7 Å². The molecular weight excluding hydrogens is 254 g/mol. The molecule has 2 N–H and O–H groups in total. The molecule has 0 aliphatic carbocycles. The van der Waals surface area contributed by atoms with Gasteiger partial charge in [0.05, 0.1) is 19.8 Å². The quantitative estimate of drug-likeness (QED) is 0.905. The summed E-state index contributed by atoms with van der Waals surface area (Å²) in [5.41, 5.74) is 6.86. The molecule has 1 unspecified atom stereocenters. The summed E-state index contributed by atoms with van der Waals surface area (Å²) in [7, 11) is 3.25. The molecule has 4 heteroatoms. The van der Waals surface area contributed by atoms with Crippen LogP contribution in [0.1, 0.15) is 18.5 Å². The first-order valence-electron chi connectivity index (χ1n) is 6.40. The van der Waals surface area contributed by atoms with E-state index in [2.05, 4.69) is 0 Å². The predicted molar refractivity (Wildman–Crippen MR) is 78.7 cm³/mol. The lowest BCUT2D eigenvalue weighted by Crippen LogP contribution is -2.08. The van der Waals surface area contributed by atoms with Gasteiger partial charge in [-0.25, -0.2) is 0 Å². The number of benzene rings is 2. The third-order valence-corrected chi connectivity index (χ3v) is 2.99. The van der Waals surface area contributed by atoms with Crippen molar-refractivity contribution in [2.45, 2.75) is 13.0 Å². The average molecular weight is 273 g/mol. The maximum Gasteiger partial charge on any atom is 0.135 e. The Bertz CT molecular complexity index is 564. The van der Waals surface area contributed by atoms with Gasteiger partial charge in [0, 0.05) is 6.04 Å². The van der Waals surface area contributed by atoms with Gasteiger partial charge in [-0.1, -0.05) is 6.07 Å². The molecule has 2 rings (SSSR count). The van der Waals surface area contributed by atoms with Crippen LogP contribution < -0.4 is 19.9 Å². The van der Waals surface area contributed by atoms with Crippen LogP contribution in [0.2, 0.25) is 0 Å². The summed E-state index contributed by atoms with van der Waals surface area (Å²) in [6, 6.07) is 12.8. The lowest BCUT2D eigenvalue weighted by molar-refractivity contribution is 0.396. The number of hydrogen-bond donors (Lipinski definition) is 1. The van der Waals surface area contributed by atoms with E-state index in [4.69, 9.17) is 19.9 Å². The molecule has 4 nitrogen and oxygen atoms in total. The minimum atomic E-state index is -0.181. The molecular formula is C16H19NO3. The fraction of sp³-hybridized carbons (Fsp3) is 0.250. The summed E-state index contributed by atoms with van der Waals surface area (Å²) in [5, 5.41) is 0. The van der Waals surface area contributed by atoms with E-state index in [0.29, 0.717) is 5.75 Å². The van der Waals surface area contributed by atoms with Crippen LogP contribution in [-0.2, 0) is 0 Å². The highest BCUT2D eigenvalue weighted by atomic mass is 16.5. The summed E-state index contributed by atoms with van der Waals surface area (Å²) in [6.07, 6.45) is 0. The van der Waals surface area contributed by atoms with Gasteiger partial charge in [-0.15, -0.1) is 0 Å². The lowest BCUT2D eigenvalue weighted by Gasteiger charge is -2.17. The molecule has 0 fully saturated rings. The van der Waals surface area contributed by atoms with Crippen molar-refractivity contribution >= 4 is 0 Å². The number of nitrogens with two attached hydrogens (primary N) is 1. The van der Waals surface area contributed by atoms with Gasteiger partial charge in [-0.3, -0.25) is 0 Å². The Labute approximate surface area is 119 Å². The van der Waals surface area contributed by atoms with Crippen molar-refractivity contribution in [3.63, 3.8) is 0 Å². The Morgan fingerprint density at radius 2 is 1.45 bits per heavy atom. The van der Waals surface area contributed by atoms with E-state index in [1.807, 2.05) is 49.4 Å². The summed E-state index contributed by atoms with van der Waals surface area (Å²) >= 11 is 0. The second-order valence-electron chi connectivity index (χ2n) is 4.44. The van der Waals surface area contributed by atoms with E-state index in [1.165, 1.54) is 0 Å². The normalized spacial score (nSPS) is 11.8. The first-order valence-corrected chi connectivity index (χ1v) is 6.40. The Balaban J connectivity index is 2.32. The zero-order chi connectivity index (χ0) is 14.5. The molecule has 1 atom stereocenters. The molecule has 0 aliphatic heterocycles. The molecule has 0 saturated heterocycles. The van der Waals surface area contributed by atoms with E-state index in [9.17, 15) is 0 Å². The smallest absolute Gasteiger partial charge is 0.135 e. The van der Waals surface area contributed by atoms with Crippen LogP contribution in [0.25, 0.3) is 0 Å². The highest BCUT2D eigenvalue weighted by molar-refractivity contribution is 5.48. The number of ether oxygens (including phenoxy) is 3. The van der Waals surface area contributed by atoms with Crippen molar-refractivity contribution in [1.82, 2.24) is 0 Å². The van der Waals surface area contributed by atoms with Crippen molar-refractivity contribution < 1.29 is 14.2 Å². The largest absolute Gasteiger partial charge is 0.497 e. The van der Waals surface area contributed by atoms with Gasteiger partial charge in [-0.05, 0) is 43.3 Å². The summed E-state index contributed by atoms with van der Waals surface area (Å²) < 4.78 is 16.4. The van der Waals surface area contributed by atoms with Crippen LogP contribution in [0.5, 0.6) is 23.0 Å². The van der Waals surface area contributed by atoms with Crippen LogP contribution in [0.15, 0.2) is 42.5 Å². The molecule has 0 saturated carbocycles. The number of methoxy groups -OCH3 is 2. The SMILES string of the molecule is COc1ccc(Oc2cccc(OC)c2C(C)N)cc1. The zero-order valence-corrected chi connectivity index (χ0v) is 11.9. The minimum absolute atomic E-state index is 0.181. The molecule has 0 aromatic heterocycles. The molecule has 2 aromatic carbocycles. The summed E-state index contributed by atoms with van der Waals surface area (Å²) in [6.45, 7) is 1.90. The van der Waals surface area contributed by atoms with E-state index < -0.39 is 0 Å². The monoisotopic (exact) mass is 273 g/mol. The molecule has 0 heterocycles. The van der Waals surface area contributed by atoms with Crippen LogP contribution in [0, 0.1) is 0 Å². The van der Waals surface area contributed by atoms with Gasteiger partial charge in [-0.2, -0.15) is 0 Å². The molecule has 2 aromatic rings. The second-order valence-corrected chi connectivity index (χ2v) is 4.44. The molecule has 0 bridgehead atoms. The third kappa shape index (κ3) is 3.03. The maximum atomic E-state index is 6.01. The highest BCUT2D eigenvalue weighted by Gasteiger charge is 2.14. The van der Waals surface area contributed by atoms with Crippen molar-refractivity contribution in [2.75, 3.05) is 14.2 Å². The van der Waals surface area contributed by atoms with Gasteiger partial charge >= 0.3 is 0 Å². The first kappa shape index (κ1) is 14.2. The van der Waals surface area contributed by atoms with Gasteiger partial charge in [0.25, 0.3) is 0 Å². The Kier molecular flexibility index (Phi) is 4.48. The van der Waals surface area contributed by atoms with Crippen molar-refractivity contribution in [3.8, 4) is 23.0 Å². The molecule has 0 radical (unpaired) electrons. The van der Waals surface area contributed by atoms with Crippen LogP contribution in [0.3, 0.4) is 0 Å². The Morgan fingerprint density at radius 3 is 2.00 bits per heavy atom. The van der Waals surface area contributed by atoms with Crippen LogP contribution >= 0.6 is 0 Å². The standard InChI is InChI=1S/C16H19NO3/c1-11(17)16-14(19-3)5-4-6-15(16)20-13-9-7-12(18-2)8-10-13/h4-11H,17H2,1-3H3. The fourth-order valence-electron chi connectivity index (χ4n) is 2.01. The molecule has 0 spiro atoms. The first-order chi connectivity index (χ1) is 9.65. The van der Waals surface area contributed by atoms with Crippen molar-refractivity contribution in [2.24, 2.45) is 5.73 Å². The zero-order valence-electron chi connectivity index (χ0n) is 11.9. The van der Waals surface area contributed by atoms with Gasteiger partial charge in [0.15, 0.2) is 0 Å². The van der Waals surface area contributed by atoms with Gasteiger partial charge in [0.1, 0.15) is 23.0 Å². The highest BCUT2D eigenvalue weighted by Crippen LogP contribution is 2.35. The lowest BCUT2D eigenvalue weighted by atomic mass is 10.1. The van der Waals surface area contributed by atoms with E-state index in [-0.39, 0.29) is 6.04 Å². The molecule has 20 heavy (non-hydrogen) atoms. The van der Waals surface area contributed by atoms with Crippen LogP contribution in [0.4, 0.5) is 0 Å². The van der Waals surface area contributed by atoms with Crippen molar-refractivity contribution in [1.29, 1.82) is 0 Å². The van der Waals surface area contributed by atoms with E-state index in [1.54, 1.807) is 14.2 Å². The van der Waals surface area contributed by atoms with Crippen LogP contribution in [-0.4, -0.2) is 14.2 Å². The van der Waals surface area contributed by atoms with Crippen molar-refractivity contribution in [3.05, 3.63) is 48.0 Å². The summed E-state index contributed by atoms with van der Waals surface area (Å²) in [4.78, 5) is 0. The third-order valence-electron chi connectivity index (χ3n) is 2.99. The number of rotatable bonds is 5. The minimum Gasteiger partial charge on any atom is -0.497 e. The maximum absolute atomic E-state index is 6.01. The molecule has 0 amide bonds. The second kappa shape index (κ2) is 6.30. The molecule has 0 aliphatic rings. The summed E-state index contributed by atoms with van der Waals surface area (Å²) in [5.74, 6) is 2.94. The Morgan fingerprint density at radius 1 is 0.850 bits per heavy atom. The fourth-order valence-corrected chi connectivity index (χ4v) is 2.01. The Hall–Kier alpha value is -2.20. The molecule has 106 valence electrons. The number of hydrogen-bond acceptors (Lipinski definition) is 4. The predicted octanol–water partition coefficient (Wildman–Crippen LogP) is 3.52. The van der Waals surface area contributed by atoms with Gasteiger partial charge < -0.3 is 19.9 Å².